The van der Waals surface area contributed by atoms with Crippen LogP contribution in [-0.2, 0) is 9.59 Å². The zero-order valence-electron chi connectivity index (χ0n) is 8.60. The Kier molecular flexibility index (Phi) is 2.50. The Morgan fingerprint density at radius 2 is 1.87 bits per heavy atom. The highest BCUT2D eigenvalue weighted by Crippen LogP contribution is 2.40. The third-order valence-corrected chi connectivity index (χ3v) is 3.77. The van der Waals surface area contributed by atoms with Gasteiger partial charge in [-0.25, -0.2) is 0 Å². The largest absolute Gasteiger partial charge is 0.392 e. The molecule has 0 spiro atoms. The molecule has 0 aromatic rings. The molecule has 0 aromatic carbocycles. The lowest BCUT2D eigenvalue weighted by Gasteiger charge is -2.22. The van der Waals surface area contributed by atoms with Crippen LogP contribution < -0.4 is 5.73 Å². The molecule has 2 N–H and O–H groups in total. The number of thiocarbonyl (C=S) groups is 1. The predicted molar refractivity (Wildman–Crippen MR) is 58.9 cm³/mol. The van der Waals surface area contributed by atoms with Crippen LogP contribution in [0.1, 0.15) is 26.2 Å². The number of fused-ring (bicyclic) bond motifs is 1. The van der Waals surface area contributed by atoms with Gasteiger partial charge in [0.1, 0.15) is 0 Å². The summed E-state index contributed by atoms with van der Waals surface area (Å²) in [6.45, 7) is 1.71. The molecule has 2 amide bonds. The Labute approximate surface area is 93.8 Å². The van der Waals surface area contributed by atoms with Crippen molar-refractivity contribution in [3.63, 3.8) is 0 Å². The number of amides is 2. The number of nitrogens with zero attached hydrogens (tertiary/aromatic N) is 1. The van der Waals surface area contributed by atoms with Gasteiger partial charge in [0.2, 0.25) is 11.8 Å². The Morgan fingerprint density at radius 3 is 2.27 bits per heavy atom. The average molecular weight is 226 g/mol. The van der Waals surface area contributed by atoms with E-state index in [0.717, 1.165) is 19.3 Å². The number of carbonyl (C=O) groups is 2. The maximum Gasteiger partial charge on any atom is 0.233 e. The summed E-state index contributed by atoms with van der Waals surface area (Å²) in [5.41, 5.74) is 5.48. The second kappa shape index (κ2) is 3.56. The van der Waals surface area contributed by atoms with Crippen molar-refractivity contribution in [1.82, 2.24) is 4.90 Å². The molecule has 2 rings (SSSR count). The molecule has 4 nitrogen and oxygen atoms in total. The molecule has 2 fully saturated rings. The minimum atomic E-state index is -0.439. The van der Waals surface area contributed by atoms with E-state index < -0.39 is 6.04 Å². The summed E-state index contributed by atoms with van der Waals surface area (Å²) in [5.74, 6) is -0.366. The minimum Gasteiger partial charge on any atom is -0.392 e. The predicted octanol–water partition coefficient (Wildman–Crippen LogP) is 0.446. The highest BCUT2D eigenvalue weighted by atomic mass is 32.1. The van der Waals surface area contributed by atoms with E-state index >= 15 is 0 Å². The molecule has 0 radical (unpaired) electrons. The van der Waals surface area contributed by atoms with Gasteiger partial charge in [-0.1, -0.05) is 18.6 Å². The van der Waals surface area contributed by atoms with E-state index in [-0.39, 0.29) is 28.6 Å². The van der Waals surface area contributed by atoms with Crippen molar-refractivity contribution in [3.8, 4) is 0 Å². The maximum atomic E-state index is 11.9. The van der Waals surface area contributed by atoms with Crippen LogP contribution in [0.3, 0.4) is 0 Å². The van der Waals surface area contributed by atoms with Gasteiger partial charge in [0.15, 0.2) is 0 Å². The van der Waals surface area contributed by atoms with Crippen LogP contribution in [0.5, 0.6) is 0 Å². The van der Waals surface area contributed by atoms with Crippen molar-refractivity contribution in [2.75, 3.05) is 0 Å². The summed E-state index contributed by atoms with van der Waals surface area (Å²) < 4.78 is 0. The van der Waals surface area contributed by atoms with Gasteiger partial charge < -0.3 is 5.73 Å². The number of imide groups is 1. The first-order valence-corrected chi connectivity index (χ1v) is 5.61. The molecule has 0 bridgehead atoms. The van der Waals surface area contributed by atoms with Gasteiger partial charge in [0.25, 0.3) is 0 Å². The molecule has 3 unspecified atom stereocenters. The topological polar surface area (TPSA) is 63.4 Å². The van der Waals surface area contributed by atoms with Crippen molar-refractivity contribution in [3.05, 3.63) is 0 Å². The zero-order valence-corrected chi connectivity index (χ0v) is 9.42. The van der Waals surface area contributed by atoms with E-state index in [1.165, 1.54) is 4.90 Å². The van der Waals surface area contributed by atoms with Gasteiger partial charge in [-0.3, -0.25) is 14.5 Å². The van der Waals surface area contributed by atoms with Crippen molar-refractivity contribution < 1.29 is 9.59 Å². The molecular formula is C10H14N2O2S. The van der Waals surface area contributed by atoms with E-state index in [0.29, 0.717) is 0 Å². The highest BCUT2D eigenvalue weighted by Gasteiger charge is 2.51. The summed E-state index contributed by atoms with van der Waals surface area (Å²) in [6, 6.07) is -0.439. The van der Waals surface area contributed by atoms with E-state index in [4.69, 9.17) is 18.0 Å². The number of carbonyl (C=O) groups excluding carboxylic acids is 2. The molecule has 5 heteroatoms. The lowest BCUT2D eigenvalue weighted by atomic mass is 10.00. The summed E-state index contributed by atoms with van der Waals surface area (Å²) >= 11 is 4.82. The van der Waals surface area contributed by atoms with Gasteiger partial charge in [0, 0.05) is 0 Å². The third-order valence-electron chi connectivity index (χ3n) is 3.42. The molecule has 1 aliphatic heterocycles. The first-order chi connectivity index (χ1) is 7.04. The fourth-order valence-electron chi connectivity index (χ4n) is 2.53. The summed E-state index contributed by atoms with van der Waals surface area (Å²) in [7, 11) is 0. The van der Waals surface area contributed by atoms with Gasteiger partial charge >= 0.3 is 0 Å². The van der Waals surface area contributed by atoms with E-state index in [2.05, 4.69) is 0 Å². The Hall–Kier alpha value is -0.970. The molecule has 2 aliphatic rings. The fourth-order valence-corrected chi connectivity index (χ4v) is 2.63. The second-order valence-corrected chi connectivity index (χ2v) is 4.74. The summed E-state index contributed by atoms with van der Waals surface area (Å²) in [4.78, 5) is 25.3. The van der Waals surface area contributed by atoms with Crippen molar-refractivity contribution in [2.24, 2.45) is 17.6 Å². The second-order valence-electron chi connectivity index (χ2n) is 4.27. The highest BCUT2D eigenvalue weighted by molar-refractivity contribution is 7.80. The Morgan fingerprint density at radius 1 is 1.40 bits per heavy atom. The molecule has 1 aliphatic carbocycles. The maximum absolute atomic E-state index is 11.9. The standard InChI is InChI=1S/C10H14N2O2S/c1-5(8(11)15)12-9(13)6-3-2-4-7(6)10(12)14/h5-7H,2-4H2,1H3,(H2,11,15). The van der Waals surface area contributed by atoms with Crippen LogP contribution in [0.2, 0.25) is 0 Å². The van der Waals surface area contributed by atoms with Crippen LogP contribution in [0.4, 0.5) is 0 Å². The lowest BCUT2D eigenvalue weighted by molar-refractivity contribution is -0.141. The number of hydrogen-bond donors (Lipinski definition) is 1. The molecule has 1 saturated carbocycles. The van der Waals surface area contributed by atoms with Gasteiger partial charge in [-0.2, -0.15) is 0 Å². The molecule has 15 heavy (non-hydrogen) atoms. The lowest BCUT2D eigenvalue weighted by Crippen LogP contribution is -2.46. The van der Waals surface area contributed by atoms with Crippen LogP contribution in [0.15, 0.2) is 0 Å². The first-order valence-electron chi connectivity index (χ1n) is 5.20. The molecule has 1 heterocycles. The van der Waals surface area contributed by atoms with E-state index in [1.807, 2.05) is 0 Å². The molecule has 3 atom stereocenters. The normalized spacial score (nSPS) is 31.9. The quantitative estimate of drug-likeness (QED) is 0.548. The first kappa shape index (κ1) is 10.5. The molecule has 1 saturated heterocycles. The van der Waals surface area contributed by atoms with Crippen LogP contribution in [0, 0.1) is 11.8 Å². The van der Waals surface area contributed by atoms with Crippen molar-refractivity contribution in [1.29, 1.82) is 0 Å². The van der Waals surface area contributed by atoms with Gasteiger partial charge in [-0.15, -0.1) is 0 Å². The molecular weight excluding hydrogens is 212 g/mol. The van der Waals surface area contributed by atoms with Crippen LogP contribution in [0.25, 0.3) is 0 Å². The van der Waals surface area contributed by atoms with E-state index in [1.54, 1.807) is 6.92 Å². The molecule has 82 valence electrons. The van der Waals surface area contributed by atoms with Crippen LogP contribution in [-0.4, -0.2) is 27.7 Å². The fraction of sp³-hybridized carbons (Fsp3) is 0.700. The number of rotatable bonds is 2. The van der Waals surface area contributed by atoms with Gasteiger partial charge in [0.05, 0.1) is 22.9 Å². The smallest absolute Gasteiger partial charge is 0.233 e. The van der Waals surface area contributed by atoms with Crippen LogP contribution >= 0.6 is 12.2 Å². The summed E-state index contributed by atoms with van der Waals surface area (Å²) in [6.07, 6.45) is 2.63. The number of likely N-dealkylation sites (tertiary alicyclic amines) is 1. The monoisotopic (exact) mass is 226 g/mol. The van der Waals surface area contributed by atoms with Crippen molar-refractivity contribution >= 4 is 29.0 Å². The average Bonchev–Trinajstić information content (AvgIpc) is 2.71. The SMILES string of the molecule is CC(C(N)=S)N1C(=O)C2CCCC2C1=O. The van der Waals surface area contributed by atoms with Crippen molar-refractivity contribution in [2.45, 2.75) is 32.2 Å². The van der Waals surface area contributed by atoms with E-state index in [9.17, 15) is 9.59 Å². The zero-order chi connectivity index (χ0) is 11.2. The minimum absolute atomic E-state index is 0.0807. The Bertz CT molecular complexity index is 320. The third kappa shape index (κ3) is 1.45. The summed E-state index contributed by atoms with van der Waals surface area (Å²) in [5, 5.41) is 0. The number of hydrogen-bond acceptors (Lipinski definition) is 3. The molecule has 0 aromatic heterocycles. The number of nitrogens with two attached hydrogens (primary N) is 1. The Balaban J connectivity index is 2.25. The van der Waals surface area contributed by atoms with Gasteiger partial charge in [-0.05, 0) is 19.8 Å².